The van der Waals surface area contributed by atoms with Crippen LogP contribution in [0.5, 0.6) is 0 Å². The predicted octanol–water partition coefficient (Wildman–Crippen LogP) is 0.423. The van der Waals surface area contributed by atoms with Crippen LogP contribution >= 0.6 is 0 Å². The minimum Gasteiger partial charge on any atom is -0.362 e. The molecular weight excluding hydrogens is 250 g/mol. The van der Waals surface area contributed by atoms with E-state index in [4.69, 9.17) is 5.84 Å². The van der Waals surface area contributed by atoms with Crippen LogP contribution in [0.25, 0.3) is 0 Å². The Morgan fingerprint density at radius 2 is 2.16 bits per heavy atom. The van der Waals surface area contributed by atoms with Crippen molar-refractivity contribution in [3.63, 3.8) is 0 Å². The molecule has 0 aromatic carbocycles. The van der Waals surface area contributed by atoms with Crippen LogP contribution in [-0.2, 0) is 0 Å². The normalized spacial score (nSPS) is 11.5. The van der Waals surface area contributed by atoms with Crippen LogP contribution in [0.1, 0.15) is 13.8 Å². The first-order valence-electron chi connectivity index (χ1n) is 5.67. The van der Waals surface area contributed by atoms with Gasteiger partial charge in [-0.2, -0.15) is 4.98 Å². The fourth-order valence-corrected chi connectivity index (χ4v) is 1.17. The smallest absolute Gasteiger partial charge is 0.329 e. The van der Waals surface area contributed by atoms with Crippen molar-refractivity contribution < 1.29 is 4.92 Å². The van der Waals surface area contributed by atoms with E-state index in [0.29, 0.717) is 6.54 Å². The molecule has 1 aromatic heterocycles. The molecule has 0 aliphatic carbocycles. The van der Waals surface area contributed by atoms with Gasteiger partial charge < -0.3 is 10.2 Å². The molecule has 0 unspecified atom stereocenters. The van der Waals surface area contributed by atoms with E-state index in [1.165, 1.54) is 0 Å². The quantitative estimate of drug-likeness (QED) is 0.386. The van der Waals surface area contributed by atoms with E-state index in [0.717, 1.165) is 6.20 Å². The first-order chi connectivity index (χ1) is 8.77. The number of hydrazine groups is 1. The summed E-state index contributed by atoms with van der Waals surface area (Å²) in [6, 6.07) is 0. The maximum Gasteiger partial charge on any atom is 0.329 e. The van der Waals surface area contributed by atoms with Gasteiger partial charge in [0, 0.05) is 12.1 Å². The van der Waals surface area contributed by atoms with E-state index in [2.05, 4.69) is 20.7 Å². The van der Waals surface area contributed by atoms with Gasteiger partial charge in [0.15, 0.2) is 0 Å². The third kappa shape index (κ3) is 3.73. The molecule has 0 saturated heterocycles. The fourth-order valence-electron chi connectivity index (χ4n) is 1.17. The molecule has 0 spiro atoms. The Hall–Kier alpha value is -2.00. The maximum atomic E-state index is 10.9. The van der Waals surface area contributed by atoms with Gasteiger partial charge >= 0.3 is 5.69 Å². The number of rotatable bonds is 6. The Balaban J connectivity index is 2.95. The summed E-state index contributed by atoms with van der Waals surface area (Å²) >= 11 is 0. The minimum absolute atomic E-state index is 0.121. The highest BCUT2D eigenvalue weighted by atomic mass is 16.6. The highest BCUT2D eigenvalue weighted by Gasteiger charge is 2.23. The number of nitrogens with two attached hydrogens (primary N) is 1. The topological polar surface area (TPSA) is 122 Å². The monoisotopic (exact) mass is 269 g/mol. The van der Waals surface area contributed by atoms with Gasteiger partial charge in [0.2, 0.25) is 11.8 Å². The minimum atomic E-state index is -0.536. The molecule has 0 aliphatic heterocycles. The summed E-state index contributed by atoms with van der Waals surface area (Å²) in [7, 11) is 3.87. The van der Waals surface area contributed by atoms with Gasteiger partial charge in [-0.15, -0.1) is 0 Å². The Kier molecular flexibility index (Phi) is 4.57. The summed E-state index contributed by atoms with van der Waals surface area (Å²) in [5.41, 5.74) is 1.89. The molecule has 1 heterocycles. The zero-order valence-corrected chi connectivity index (χ0v) is 11.5. The highest BCUT2D eigenvalue weighted by molar-refractivity contribution is 5.56. The Morgan fingerprint density at radius 3 is 2.63 bits per heavy atom. The van der Waals surface area contributed by atoms with Crippen LogP contribution in [-0.4, -0.2) is 46.0 Å². The zero-order chi connectivity index (χ0) is 14.6. The van der Waals surface area contributed by atoms with Crippen molar-refractivity contribution in [2.45, 2.75) is 19.4 Å². The molecule has 9 heteroatoms. The second-order valence-electron chi connectivity index (χ2n) is 4.89. The van der Waals surface area contributed by atoms with Crippen LogP contribution in [0.3, 0.4) is 0 Å². The van der Waals surface area contributed by atoms with Crippen LogP contribution in [0.4, 0.5) is 17.5 Å². The van der Waals surface area contributed by atoms with Crippen LogP contribution < -0.4 is 16.6 Å². The lowest BCUT2D eigenvalue weighted by Gasteiger charge is -2.32. The van der Waals surface area contributed by atoms with Gasteiger partial charge in [-0.1, -0.05) is 0 Å². The molecule has 0 bridgehead atoms. The molecule has 0 amide bonds. The lowest BCUT2D eigenvalue weighted by atomic mass is 10.0. The lowest BCUT2D eigenvalue weighted by molar-refractivity contribution is -0.384. The number of likely N-dealkylation sites (N-methyl/N-ethyl adjacent to an activating group) is 1. The van der Waals surface area contributed by atoms with Gasteiger partial charge in [0.25, 0.3) is 0 Å². The van der Waals surface area contributed by atoms with Crippen LogP contribution in [0.15, 0.2) is 6.20 Å². The first kappa shape index (κ1) is 15.1. The fraction of sp³-hybridized carbons (Fsp3) is 0.600. The number of nitro groups is 1. The summed E-state index contributed by atoms with van der Waals surface area (Å²) in [5.74, 6) is 5.46. The van der Waals surface area contributed by atoms with Gasteiger partial charge in [-0.05, 0) is 27.9 Å². The van der Waals surface area contributed by atoms with E-state index in [1.54, 1.807) is 0 Å². The van der Waals surface area contributed by atoms with Crippen molar-refractivity contribution in [3.8, 4) is 0 Å². The molecule has 106 valence electrons. The molecule has 9 nitrogen and oxygen atoms in total. The molecule has 0 fully saturated rings. The first-order valence-corrected chi connectivity index (χ1v) is 5.67. The summed E-state index contributed by atoms with van der Waals surface area (Å²) in [4.78, 5) is 20.1. The van der Waals surface area contributed by atoms with Crippen molar-refractivity contribution >= 4 is 17.5 Å². The molecule has 0 atom stereocenters. The number of nitrogens with one attached hydrogen (secondary N) is 2. The molecule has 1 rings (SSSR count). The maximum absolute atomic E-state index is 10.9. The number of anilines is 2. The largest absolute Gasteiger partial charge is 0.362 e. The SMILES string of the molecule is CN(C)C(C)(C)CNc1nc(NN)ncc1[N+](=O)[O-]. The lowest BCUT2D eigenvalue weighted by Crippen LogP contribution is -2.44. The van der Waals surface area contributed by atoms with Crippen molar-refractivity contribution in [2.75, 3.05) is 31.4 Å². The van der Waals surface area contributed by atoms with E-state index < -0.39 is 4.92 Å². The average Bonchev–Trinajstić information content (AvgIpc) is 2.35. The van der Waals surface area contributed by atoms with E-state index >= 15 is 0 Å². The summed E-state index contributed by atoms with van der Waals surface area (Å²) in [5, 5.41) is 13.9. The number of aromatic nitrogens is 2. The third-order valence-corrected chi connectivity index (χ3v) is 2.99. The molecule has 0 saturated carbocycles. The standard InChI is InChI=1S/C10H19N7O2/c1-10(2,16(3)4)6-13-8-7(17(18)19)5-12-9(14-8)15-11/h5H,6,11H2,1-4H3,(H2,12,13,14,15). The molecule has 19 heavy (non-hydrogen) atoms. The van der Waals surface area contributed by atoms with E-state index in [-0.39, 0.29) is 23.0 Å². The average molecular weight is 269 g/mol. The Bertz CT molecular complexity index is 461. The number of nitrogen functional groups attached to an aromatic ring is 1. The molecule has 4 N–H and O–H groups in total. The molecule has 1 aromatic rings. The summed E-state index contributed by atoms with van der Waals surface area (Å²) in [6.07, 6.45) is 1.12. The van der Waals surface area contributed by atoms with Gasteiger partial charge in [-0.3, -0.25) is 15.5 Å². The third-order valence-electron chi connectivity index (χ3n) is 2.99. The van der Waals surface area contributed by atoms with E-state index in [9.17, 15) is 10.1 Å². The zero-order valence-electron chi connectivity index (χ0n) is 11.5. The Labute approximate surface area is 111 Å². The predicted molar refractivity (Wildman–Crippen MR) is 72.8 cm³/mol. The van der Waals surface area contributed by atoms with Crippen molar-refractivity contribution in [1.82, 2.24) is 14.9 Å². The molecule has 0 aliphatic rings. The molecule has 0 radical (unpaired) electrons. The van der Waals surface area contributed by atoms with Crippen molar-refractivity contribution in [1.29, 1.82) is 0 Å². The molecular formula is C10H19N7O2. The van der Waals surface area contributed by atoms with Gasteiger partial charge in [-0.25, -0.2) is 10.8 Å². The number of hydrogen-bond donors (Lipinski definition) is 3. The number of nitrogens with zero attached hydrogens (tertiary/aromatic N) is 4. The van der Waals surface area contributed by atoms with Gasteiger partial charge in [0.1, 0.15) is 6.20 Å². The van der Waals surface area contributed by atoms with Crippen LogP contribution in [0.2, 0.25) is 0 Å². The van der Waals surface area contributed by atoms with Crippen molar-refractivity contribution in [2.24, 2.45) is 5.84 Å². The summed E-state index contributed by atoms with van der Waals surface area (Å²) in [6.45, 7) is 4.51. The van der Waals surface area contributed by atoms with E-state index in [1.807, 2.05) is 32.8 Å². The van der Waals surface area contributed by atoms with Gasteiger partial charge in [0.05, 0.1) is 4.92 Å². The summed E-state index contributed by atoms with van der Waals surface area (Å²) < 4.78 is 0. The second kappa shape index (κ2) is 5.76. The Morgan fingerprint density at radius 1 is 1.53 bits per heavy atom. The number of hydrogen-bond acceptors (Lipinski definition) is 8. The van der Waals surface area contributed by atoms with Crippen molar-refractivity contribution in [3.05, 3.63) is 16.3 Å². The van der Waals surface area contributed by atoms with Crippen LogP contribution in [0, 0.1) is 10.1 Å². The highest BCUT2D eigenvalue weighted by Crippen LogP contribution is 2.22. The second-order valence-corrected chi connectivity index (χ2v) is 4.89.